The fraction of sp³-hybridized carbons (Fsp3) is 0.529. The SMILES string of the molecule is O=C(NC[C@@H]1CCCO1)[C@H]1CCCN1C(=O)Nc1ccc(Cl)c(Cl)c1. The summed E-state index contributed by atoms with van der Waals surface area (Å²) < 4.78 is 5.51. The van der Waals surface area contributed by atoms with E-state index in [0.29, 0.717) is 35.2 Å². The van der Waals surface area contributed by atoms with E-state index in [4.69, 9.17) is 27.9 Å². The van der Waals surface area contributed by atoms with Gasteiger partial charge in [-0.15, -0.1) is 0 Å². The van der Waals surface area contributed by atoms with Crippen LogP contribution in [-0.4, -0.2) is 48.7 Å². The number of urea groups is 1. The summed E-state index contributed by atoms with van der Waals surface area (Å²) in [5.41, 5.74) is 0.546. The van der Waals surface area contributed by atoms with Crippen LogP contribution in [0.15, 0.2) is 18.2 Å². The molecule has 0 aromatic heterocycles. The van der Waals surface area contributed by atoms with Crippen LogP contribution < -0.4 is 10.6 Å². The van der Waals surface area contributed by atoms with E-state index in [2.05, 4.69) is 10.6 Å². The van der Waals surface area contributed by atoms with Crippen LogP contribution in [0, 0.1) is 0 Å². The molecule has 1 aromatic rings. The Morgan fingerprint density at radius 1 is 1.20 bits per heavy atom. The Hall–Kier alpha value is -1.50. The lowest BCUT2D eigenvalue weighted by Gasteiger charge is -2.25. The molecule has 6 nitrogen and oxygen atoms in total. The highest BCUT2D eigenvalue weighted by Crippen LogP contribution is 2.26. The topological polar surface area (TPSA) is 70.7 Å². The smallest absolute Gasteiger partial charge is 0.322 e. The van der Waals surface area contributed by atoms with Crippen LogP contribution in [0.4, 0.5) is 10.5 Å². The Bertz CT molecular complexity index is 650. The highest BCUT2D eigenvalue weighted by molar-refractivity contribution is 6.42. The van der Waals surface area contributed by atoms with Crippen molar-refractivity contribution in [3.05, 3.63) is 28.2 Å². The number of hydrogen-bond donors (Lipinski definition) is 2. The highest BCUT2D eigenvalue weighted by atomic mass is 35.5. The van der Waals surface area contributed by atoms with E-state index in [1.165, 1.54) is 0 Å². The monoisotopic (exact) mass is 385 g/mol. The van der Waals surface area contributed by atoms with Crippen molar-refractivity contribution in [2.24, 2.45) is 0 Å². The molecule has 2 aliphatic rings. The minimum Gasteiger partial charge on any atom is -0.376 e. The van der Waals surface area contributed by atoms with Gasteiger partial charge < -0.3 is 20.3 Å². The average Bonchev–Trinajstić information content (AvgIpc) is 3.27. The number of amides is 3. The maximum atomic E-state index is 12.5. The fourth-order valence-electron chi connectivity index (χ4n) is 3.19. The van der Waals surface area contributed by atoms with Gasteiger partial charge in [0.1, 0.15) is 6.04 Å². The molecule has 2 saturated heterocycles. The van der Waals surface area contributed by atoms with E-state index in [1.54, 1.807) is 23.1 Å². The predicted molar refractivity (Wildman–Crippen MR) is 97.2 cm³/mol. The van der Waals surface area contributed by atoms with Gasteiger partial charge in [0, 0.05) is 25.4 Å². The first-order valence-corrected chi connectivity index (χ1v) is 9.22. The lowest BCUT2D eigenvalue weighted by Crippen LogP contribution is -2.48. The summed E-state index contributed by atoms with van der Waals surface area (Å²) in [6, 6.07) is 4.12. The second kappa shape index (κ2) is 8.25. The van der Waals surface area contributed by atoms with Crippen molar-refractivity contribution in [1.82, 2.24) is 10.2 Å². The van der Waals surface area contributed by atoms with Crippen LogP contribution in [0.3, 0.4) is 0 Å². The highest BCUT2D eigenvalue weighted by Gasteiger charge is 2.34. The zero-order valence-corrected chi connectivity index (χ0v) is 15.3. The van der Waals surface area contributed by atoms with Gasteiger partial charge in [-0.25, -0.2) is 4.79 Å². The van der Waals surface area contributed by atoms with E-state index in [0.717, 1.165) is 25.9 Å². The summed E-state index contributed by atoms with van der Waals surface area (Å²) in [5.74, 6) is -0.128. The lowest BCUT2D eigenvalue weighted by molar-refractivity contribution is -0.125. The number of carbonyl (C=O) groups is 2. The molecule has 3 amide bonds. The molecule has 25 heavy (non-hydrogen) atoms. The summed E-state index contributed by atoms with van der Waals surface area (Å²) in [6.45, 7) is 1.80. The average molecular weight is 386 g/mol. The zero-order valence-electron chi connectivity index (χ0n) is 13.8. The van der Waals surface area contributed by atoms with Crippen molar-refractivity contribution in [2.75, 3.05) is 25.0 Å². The second-order valence-corrected chi connectivity index (χ2v) is 7.11. The first-order valence-electron chi connectivity index (χ1n) is 8.46. The molecule has 0 radical (unpaired) electrons. The van der Waals surface area contributed by atoms with E-state index < -0.39 is 6.04 Å². The molecule has 1 aromatic carbocycles. The second-order valence-electron chi connectivity index (χ2n) is 6.29. The van der Waals surface area contributed by atoms with Crippen LogP contribution in [-0.2, 0) is 9.53 Å². The predicted octanol–water partition coefficient (Wildman–Crippen LogP) is 3.28. The molecule has 2 N–H and O–H groups in total. The number of nitrogens with zero attached hydrogens (tertiary/aromatic N) is 1. The minimum absolute atomic E-state index is 0.0869. The van der Waals surface area contributed by atoms with Gasteiger partial charge in [0.25, 0.3) is 0 Å². The molecular weight excluding hydrogens is 365 g/mol. The maximum Gasteiger partial charge on any atom is 0.322 e. The van der Waals surface area contributed by atoms with Crippen LogP contribution in [0.25, 0.3) is 0 Å². The molecule has 2 fully saturated rings. The van der Waals surface area contributed by atoms with Crippen molar-refractivity contribution in [3.8, 4) is 0 Å². The zero-order chi connectivity index (χ0) is 17.8. The Morgan fingerprint density at radius 3 is 2.76 bits per heavy atom. The molecule has 2 heterocycles. The Kier molecular flexibility index (Phi) is 6.04. The Balaban J connectivity index is 1.56. The van der Waals surface area contributed by atoms with Gasteiger partial charge >= 0.3 is 6.03 Å². The Morgan fingerprint density at radius 2 is 2.04 bits per heavy atom. The number of carbonyl (C=O) groups excluding carboxylic acids is 2. The van der Waals surface area contributed by atoms with Gasteiger partial charge in [-0.3, -0.25) is 4.79 Å². The van der Waals surface area contributed by atoms with Crippen molar-refractivity contribution in [3.63, 3.8) is 0 Å². The molecule has 0 saturated carbocycles. The minimum atomic E-state index is -0.454. The Labute approximate surface area is 156 Å². The molecule has 0 aliphatic carbocycles. The van der Waals surface area contributed by atoms with Crippen LogP contribution in [0.5, 0.6) is 0 Å². The van der Waals surface area contributed by atoms with Crippen molar-refractivity contribution < 1.29 is 14.3 Å². The molecule has 0 unspecified atom stereocenters. The summed E-state index contributed by atoms with van der Waals surface area (Å²) in [7, 11) is 0. The summed E-state index contributed by atoms with van der Waals surface area (Å²) >= 11 is 11.8. The van der Waals surface area contributed by atoms with Crippen molar-refractivity contribution >= 4 is 40.8 Å². The summed E-state index contributed by atoms with van der Waals surface area (Å²) in [4.78, 5) is 26.5. The van der Waals surface area contributed by atoms with Gasteiger partial charge in [0.05, 0.1) is 16.1 Å². The molecule has 8 heteroatoms. The van der Waals surface area contributed by atoms with Gasteiger partial charge in [-0.05, 0) is 43.9 Å². The van der Waals surface area contributed by atoms with E-state index in [1.807, 2.05) is 0 Å². The molecule has 2 atom stereocenters. The van der Waals surface area contributed by atoms with Gasteiger partial charge in [-0.1, -0.05) is 23.2 Å². The molecule has 3 rings (SSSR count). The number of likely N-dealkylation sites (tertiary alicyclic amines) is 1. The number of anilines is 1. The third-order valence-corrected chi connectivity index (χ3v) is 5.25. The fourth-order valence-corrected chi connectivity index (χ4v) is 3.49. The van der Waals surface area contributed by atoms with E-state index >= 15 is 0 Å². The number of nitrogens with one attached hydrogen (secondary N) is 2. The van der Waals surface area contributed by atoms with Gasteiger partial charge in [-0.2, -0.15) is 0 Å². The van der Waals surface area contributed by atoms with E-state index in [-0.39, 0.29) is 18.0 Å². The molecular formula is C17H21Cl2N3O3. The standard InChI is InChI=1S/C17H21Cl2N3O3/c18-13-6-5-11(9-14(13)19)21-17(24)22-7-1-4-15(22)16(23)20-10-12-3-2-8-25-12/h5-6,9,12,15H,1-4,7-8,10H2,(H,20,23)(H,21,24)/t12-,15+/m0/s1. The van der Waals surface area contributed by atoms with Crippen LogP contribution >= 0.6 is 23.2 Å². The van der Waals surface area contributed by atoms with Crippen LogP contribution in [0.1, 0.15) is 25.7 Å². The molecule has 0 bridgehead atoms. The maximum absolute atomic E-state index is 12.5. The van der Waals surface area contributed by atoms with Crippen molar-refractivity contribution in [1.29, 1.82) is 0 Å². The van der Waals surface area contributed by atoms with Crippen LogP contribution in [0.2, 0.25) is 10.0 Å². The normalized spacial score (nSPS) is 22.9. The number of halogens is 2. The third kappa shape index (κ3) is 4.57. The summed E-state index contributed by atoms with van der Waals surface area (Å²) in [5, 5.41) is 6.47. The molecule has 136 valence electrons. The first-order chi connectivity index (χ1) is 12.0. The number of rotatable bonds is 4. The molecule has 2 aliphatic heterocycles. The lowest BCUT2D eigenvalue weighted by atomic mass is 10.2. The first kappa shape index (κ1) is 18.3. The molecule has 0 spiro atoms. The van der Waals surface area contributed by atoms with Gasteiger partial charge in [0.2, 0.25) is 5.91 Å². The largest absolute Gasteiger partial charge is 0.376 e. The van der Waals surface area contributed by atoms with Gasteiger partial charge in [0.15, 0.2) is 0 Å². The van der Waals surface area contributed by atoms with Crippen molar-refractivity contribution in [2.45, 2.75) is 37.8 Å². The van der Waals surface area contributed by atoms with E-state index in [9.17, 15) is 9.59 Å². The third-order valence-electron chi connectivity index (χ3n) is 4.52. The quantitative estimate of drug-likeness (QED) is 0.835. The number of ether oxygens (including phenoxy) is 1. The summed E-state index contributed by atoms with van der Waals surface area (Å²) in [6.07, 6.45) is 3.54. The number of benzene rings is 1. The number of hydrogen-bond acceptors (Lipinski definition) is 3.